The average molecular weight is 931 g/mol. The number of carbonyl (C=O) groups excluding carboxylic acids is 3. The van der Waals surface area contributed by atoms with Crippen LogP contribution in [0.4, 0.5) is 0 Å². The number of rotatable bonds is 49. The first-order valence-electron chi connectivity index (χ1n) is 27.7. The summed E-state index contributed by atoms with van der Waals surface area (Å²) in [4.78, 5) is 38.0. The van der Waals surface area contributed by atoms with E-state index in [2.05, 4.69) is 118 Å². The van der Waals surface area contributed by atoms with Gasteiger partial charge in [-0.05, 0) is 96.3 Å². The molecule has 6 heteroatoms. The van der Waals surface area contributed by atoms with Crippen LogP contribution in [0.5, 0.6) is 0 Å². The highest BCUT2D eigenvalue weighted by atomic mass is 16.6. The maximum atomic E-state index is 12.8. The van der Waals surface area contributed by atoms with E-state index in [0.717, 1.165) is 135 Å². The maximum Gasteiger partial charge on any atom is 0.306 e. The van der Waals surface area contributed by atoms with Crippen molar-refractivity contribution in [1.82, 2.24) is 0 Å². The van der Waals surface area contributed by atoms with Gasteiger partial charge in [0.05, 0.1) is 0 Å². The topological polar surface area (TPSA) is 78.9 Å². The van der Waals surface area contributed by atoms with Crippen LogP contribution in [0.1, 0.15) is 252 Å². The van der Waals surface area contributed by atoms with E-state index in [1.54, 1.807) is 0 Å². The van der Waals surface area contributed by atoms with Crippen molar-refractivity contribution < 1.29 is 28.6 Å². The predicted molar refractivity (Wildman–Crippen MR) is 288 cm³/mol. The van der Waals surface area contributed by atoms with Gasteiger partial charge < -0.3 is 14.2 Å². The molecule has 0 heterocycles. The molecule has 0 saturated heterocycles. The van der Waals surface area contributed by atoms with Crippen molar-refractivity contribution in [3.05, 3.63) is 97.2 Å². The molecule has 0 radical (unpaired) electrons. The van der Waals surface area contributed by atoms with E-state index < -0.39 is 6.10 Å². The van der Waals surface area contributed by atoms with Crippen molar-refractivity contribution in [3.63, 3.8) is 0 Å². The van der Waals surface area contributed by atoms with Crippen LogP contribution in [0.15, 0.2) is 97.2 Å². The molecule has 0 aromatic rings. The van der Waals surface area contributed by atoms with Crippen LogP contribution in [0.25, 0.3) is 0 Å². The first-order valence-corrected chi connectivity index (χ1v) is 27.7. The standard InChI is InChI=1S/C61H102O6/c1-4-7-10-13-16-19-21-23-25-26-27-28-29-30-31-32-33-34-36-37-39-42-45-48-51-54-60(63)66-57-58(56-65-59(62)53-50-47-44-41-18-15-12-9-6-3)67-61(64)55-52-49-46-43-40-38-35-24-22-20-17-14-11-8-5-2/h7-8,10-11,16-17,19-20,23-25,27-28,30-31,35,58H,4-6,9,12-15,18,21-22,26,29,32-34,36-57H2,1-3H3/b10-7-,11-8-,19-16-,20-17-,25-23-,28-27-,31-30-,35-24-. The zero-order chi connectivity index (χ0) is 48.6. The smallest absolute Gasteiger partial charge is 0.306 e. The number of ether oxygens (including phenoxy) is 3. The molecular weight excluding hydrogens is 829 g/mol. The lowest BCUT2D eigenvalue weighted by Gasteiger charge is -2.18. The molecule has 6 nitrogen and oxygen atoms in total. The Labute approximate surface area is 413 Å². The molecule has 0 aliphatic carbocycles. The molecule has 67 heavy (non-hydrogen) atoms. The zero-order valence-electron chi connectivity index (χ0n) is 43.6. The summed E-state index contributed by atoms with van der Waals surface area (Å²) in [5.41, 5.74) is 0. The van der Waals surface area contributed by atoms with Gasteiger partial charge in [0.1, 0.15) is 13.2 Å². The van der Waals surface area contributed by atoms with Gasteiger partial charge in [0.2, 0.25) is 0 Å². The Hall–Kier alpha value is -3.67. The van der Waals surface area contributed by atoms with E-state index >= 15 is 0 Å². The third kappa shape index (κ3) is 53.2. The van der Waals surface area contributed by atoms with Gasteiger partial charge >= 0.3 is 17.9 Å². The van der Waals surface area contributed by atoms with Gasteiger partial charge in [-0.1, -0.05) is 234 Å². The summed E-state index contributed by atoms with van der Waals surface area (Å²) in [7, 11) is 0. The Balaban J connectivity index is 4.27. The molecule has 0 amide bonds. The van der Waals surface area contributed by atoms with E-state index in [1.165, 1.54) is 77.0 Å². The van der Waals surface area contributed by atoms with Crippen LogP contribution in [0.3, 0.4) is 0 Å². The van der Waals surface area contributed by atoms with E-state index in [1.807, 2.05) is 0 Å². The van der Waals surface area contributed by atoms with Gasteiger partial charge in [-0.25, -0.2) is 0 Å². The molecule has 0 aliphatic heterocycles. The van der Waals surface area contributed by atoms with Crippen LogP contribution in [0, 0.1) is 0 Å². The molecule has 0 saturated carbocycles. The predicted octanol–water partition coefficient (Wildman–Crippen LogP) is 18.5. The fraction of sp³-hybridized carbons (Fsp3) is 0.689. The molecule has 0 N–H and O–H groups in total. The highest BCUT2D eigenvalue weighted by molar-refractivity contribution is 5.71. The molecule has 0 aliphatic rings. The van der Waals surface area contributed by atoms with Crippen LogP contribution in [0.2, 0.25) is 0 Å². The summed E-state index contributed by atoms with van der Waals surface area (Å²) in [6, 6.07) is 0. The second-order valence-electron chi connectivity index (χ2n) is 18.1. The molecule has 0 rings (SSSR count). The van der Waals surface area contributed by atoms with Crippen molar-refractivity contribution in [2.75, 3.05) is 13.2 Å². The van der Waals surface area contributed by atoms with E-state index in [4.69, 9.17) is 14.2 Å². The second-order valence-corrected chi connectivity index (χ2v) is 18.1. The third-order valence-electron chi connectivity index (χ3n) is 11.6. The Morgan fingerprint density at radius 1 is 0.313 bits per heavy atom. The van der Waals surface area contributed by atoms with E-state index in [-0.39, 0.29) is 31.1 Å². The molecule has 1 unspecified atom stereocenters. The quantitative estimate of drug-likeness (QED) is 0.0262. The lowest BCUT2D eigenvalue weighted by molar-refractivity contribution is -0.167. The third-order valence-corrected chi connectivity index (χ3v) is 11.6. The normalized spacial score (nSPS) is 12.8. The summed E-state index contributed by atoms with van der Waals surface area (Å²) >= 11 is 0. The van der Waals surface area contributed by atoms with Gasteiger partial charge in [-0.3, -0.25) is 14.4 Å². The molecule has 382 valence electrons. The fourth-order valence-corrected chi connectivity index (χ4v) is 7.48. The van der Waals surface area contributed by atoms with Crippen molar-refractivity contribution in [1.29, 1.82) is 0 Å². The monoisotopic (exact) mass is 931 g/mol. The summed E-state index contributed by atoms with van der Waals surface area (Å²) in [5, 5.41) is 0. The Kier molecular flexibility index (Phi) is 51.9. The van der Waals surface area contributed by atoms with Gasteiger partial charge in [0, 0.05) is 19.3 Å². The maximum absolute atomic E-state index is 12.8. The highest BCUT2D eigenvalue weighted by Crippen LogP contribution is 2.15. The average Bonchev–Trinajstić information content (AvgIpc) is 3.33. The van der Waals surface area contributed by atoms with Crippen LogP contribution < -0.4 is 0 Å². The number of allylic oxidation sites excluding steroid dienone is 16. The van der Waals surface area contributed by atoms with Crippen molar-refractivity contribution >= 4 is 17.9 Å². The fourth-order valence-electron chi connectivity index (χ4n) is 7.48. The lowest BCUT2D eigenvalue weighted by atomic mass is 10.1. The van der Waals surface area contributed by atoms with Gasteiger partial charge in [0.25, 0.3) is 0 Å². The Morgan fingerprint density at radius 3 is 0.910 bits per heavy atom. The Morgan fingerprint density at radius 2 is 0.582 bits per heavy atom. The lowest BCUT2D eigenvalue weighted by Crippen LogP contribution is -2.30. The summed E-state index contributed by atoms with van der Waals surface area (Å²) in [6.07, 6.45) is 72.6. The van der Waals surface area contributed by atoms with Crippen LogP contribution >= 0.6 is 0 Å². The molecule has 0 spiro atoms. The number of carbonyl (C=O) groups is 3. The molecular formula is C61H102O6. The minimum atomic E-state index is -0.787. The van der Waals surface area contributed by atoms with Gasteiger partial charge in [0.15, 0.2) is 6.10 Å². The molecule has 1 atom stereocenters. The first kappa shape index (κ1) is 63.3. The highest BCUT2D eigenvalue weighted by Gasteiger charge is 2.19. The number of hydrogen-bond acceptors (Lipinski definition) is 6. The van der Waals surface area contributed by atoms with E-state index in [0.29, 0.717) is 19.3 Å². The zero-order valence-corrected chi connectivity index (χ0v) is 43.6. The second kappa shape index (κ2) is 54.9. The van der Waals surface area contributed by atoms with Gasteiger partial charge in [-0.15, -0.1) is 0 Å². The van der Waals surface area contributed by atoms with Crippen molar-refractivity contribution in [2.45, 2.75) is 258 Å². The summed E-state index contributed by atoms with van der Waals surface area (Å²) in [6.45, 7) is 6.37. The molecule has 0 aromatic heterocycles. The Bertz CT molecular complexity index is 1350. The molecule has 0 fully saturated rings. The van der Waals surface area contributed by atoms with Crippen molar-refractivity contribution in [2.24, 2.45) is 0 Å². The minimum Gasteiger partial charge on any atom is -0.462 e. The van der Waals surface area contributed by atoms with Crippen LogP contribution in [-0.4, -0.2) is 37.2 Å². The minimum absolute atomic E-state index is 0.0854. The summed E-state index contributed by atoms with van der Waals surface area (Å²) in [5.74, 6) is -0.911. The largest absolute Gasteiger partial charge is 0.462 e. The van der Waals surface area contributed by atoms with Crippen LogP contribution in [-0.2, 0) is 28.6 Å². The molecule has 0 aromatic carbocycles. The number of unbranched alkanes of at least 4 members (excludes halogenated alkanes) is 22. The first-order chi connectivity index (χ1) is 33.0. The van der Waals surface area contributed by atoms with Gasteiger partial charge in [-0.2, -0.15) is 0 Å². The molecule has 0 bridgehead atoms. The SMILES string of the molecule is CC/C=C\C/C=C\C/C=C\C/C=C\C/C=C\CCCCCCCCCCCC(=O)OCC(COC(=O)CCCCCCCCCCC)OC(=O)CCCCCCC/C=C\C/C=C\C/C=C\CC. The number of hydrogen-bond donors (Lipinski definition) is 0. The number of esters is 3. The van der Waals surface area contributed by atoms with E-state index in [9.17, 15) is 14.4 Å². The van der Waals surface area contributed by atoms with Crippen molar-refractivity contribution in [3.8, 4) is 0 Å². The summed E-state index contributed by atoms with van der Waals surface area (Å²) < 4.78 is 16.8.